The molecule has 0 fully saturated rings. The number of hydrogen-bond donors (Lipinski definition) is 0. The molecular weight excluding hydrogens is 216 g/mol. The zero-order valence-corrected chi connectivity index (χ0v) is 8.33. The predicted molar refractivity (Wildman–Crippen MR) is 49.1 cm³/mol. The minimum Gasteiger partial charge on any atom is -0.465 e. The van der Waals surface area contributed by atoms with Crippen molar-refractivity contribution in [1.29, 1.82) is 0 Å². The third-order valence-electron chi connectivity index (χ3n) is 1.70. The summed E-state index contributed by atoms with van der Waals surface area (Å²) >= 11 is 0.795. The van der Waals surface area contributed by atoms with Crippen molar-refractivity contribution in [3.63, 3.8) is 0 Å². The third-order valence-corrected chi connectivity index (χ3v) is 2.74. The molecular formula is C7H7BF3O2S-. The van der Waals surface area contributed by atoms with Crippen LogP contribution in [0, 0.1) is 6.92 Å². The fourth-order valence-corrected chi connectivity index (χ4v) is 2.02. The Balaban J connectivity index is 3.12. The normalized spacial score (nSPS) is 11.5. The summed E-state index contributed by atoms with van der Waals surface area (Å²) in [6.45, 7) is -3.71. The summed E-state index contributed by atoms with van der Waals surface area (Å²) in [5, 5.41) is 0. The summed E-state index contributed by atoms with van der Waals surface area (Å²) < 4.78 is 41.4. The van der Waals surface area contributed by atoms with Gasteiger partial charge in [-0.05, 0) is 11.8 Å². The average molecular weight is 223 g/mol. The lowest BCUT2D eigenvalue weighted by Gasteiger charge is -2.12. The minimum absolute atomic E-state index is 0.0146. The molecule has 0 amide bonds. The SMILES string of the molecule is COC(=O)c1cc([B-](F)(F)F)c(C)s1. The zero-order valence-electron chi connectivity index (χ0n) is 7.51. The molecule has 0 aromatic carbocycles. The van der Waals surface area contributed by atoms with E-state index in [1.807, 2.05) is 0 Å². The number of carbonyl (C=O) groups is 1. The number of thiophene rings is 1. The van der Waals surface area contributed by atoms with Crippen molar-refractivity contribution in [2.75, 3.05) is 7.11 Å². The fourth-order valence-electron chi connectivity index (χ4n) is 1.02. The molecule has 2 nitrogen and oxygen atoms in total. The van der Waals surface area contributed by atoms with Crippen LogP contribution in [0.3, 0.4) is 0 Å². The molecule has 78 valence electrons. The molecule has 0 unspecified atom stereocenters. The number of rotatable bonds is 2. The van der Waals surface area contributed by atoms with Crippen LogP contribution in [0.15, 0.2) is 6.07 Å². The number of carbonyl (C=O) groups excluding carboxylic acids is 1. The van der Waals surface area contributed by atoms with Crippen molar-refractivity contribution >= 4 is 29.7 Å². The average Bonchev–Trinajstić information content (AvgIpc) is 2.45. The summed E-state index contributed by atoms with van der Waals surface area (Å²) in [5.41, 5.74) is -0.713. The first-order valence-corrected chi connectivity index (χ1v) is 4.56. The van der Waals surface area contributed by atoms with Gasteiger partial charge in [0.05, 0.1) is 7.11 Å². The summed E-state index contributed by atoms with van der Waals surface area (Å²) in [6, 6.07) is 0.839. The summed E-state index contributed by atoms with van der Waals surface area (Å²) in [4.78, 5) is 11.0. The summed E-state index contributed by atoms with van der Waals surface area (Å²) in [6.07, 6.45) is 0. The van der Waals surface area contributed by atoms with Crippen LogP contribution in [-0.4, -0.2) is 20.1 Å². The Kier molecular flexibility index (Phi) is 2.89. The van der Waals surface area contributed by atoms with Crippen molar-refractivity contribution in [1.82, 2.24) is 0 Å². The van der Waals surface area contributed by atoms with Crippen LogP contribution >= 0.6 is 11.3 Å². The maximum absolute atomic E-state index is 12.3. The molecule has 1 heterocycles. The molecule has 0 aliphatic rings. The van der Waals surface area contributed by atoms with Gasteiger partial charge in [0.2, 0.25) is 0 Å². The van der Waals surface area contributed by atoms with E-state index in [1.54, 1.807) is 0 Å². The van der Waals surface area contributed by atoms with Crippen LogP contribution in [0.25, 0.3) is 0 Å². The number of aryl methyl sites for hydroxylation is 1. The zero-order chi connectivity index (χ0) is 10.9. The number of methoxy groups -OCH3 is 1. The molecule has 0 saturated carbocycles. The van der Waals surface area contributed by atoms with Crippen LogP contribution in [0.4, 0.5) is 12.9 Å². The largest absolute Gasteiger partial charge is 0.510 e. The van der Waals surface area contributed by atoms with Gasteiger partial charge in [-0.15, -0.1) is 11.3 Å². The molecule has 1 aromatic heterocycles. The van der Waals surface area contributed by atoms with Crippen molar-refractivity contribution in [3.8, 4) is 0 Å². The lowest BCUT2D eigenvalue weighted by molar-refractivity contribution is 0.0606. The van der Waals surface area contributed by atoms with Crippen LogP contribution in [0.1, 0.15) is 14.5 Å². The smallest absolute Gasteiger partial charge is 0.465 e. The standard InChI is InChI=1S/C7H7BF3O2S/c1-4-5(8(9,10)11)3-6(14-4)7(12)13-2/h3H,1-2H3/q-1. The van der Waals surface area contributed by atoms with Crippen molar-refractivity contribution in [2.24, 2.45) is 0 Å². The molecule has 0 aliphatic heterocycles. The molecule has 0 aliphatic carbocycles. The molecule has 0 radical (unpaired) electrons. The van der Waals surface area contributed by atoms with E-state index in [-0.39, 0.29) is 9.75 Å². The molecule has 1 aromatic rings. The summed E-state index contributed by atoms with van der Waals surface area (Å²) in [7, 11) is 1.13. The molecule has 1 rings (SSSR count). The minimum atomic E-state index is -5.04. The monoisotopic (exact) mass is 223 g/mol. The number of ether oxygens (including phenoxy) is 1. The van der Waals surface area contributed by atoms with Gasteiger partial charge in [0.15, 0.2) is 0 Å². The highest BCUT2D eigenvalue weighted by molar-refractivity contribution is 7.15. The van der Waals surface area contributed by atoms with E-state index in [9.17, 15) is 17.7 Å². The Bertz CT molecular complexity index is 358. The van der Waals surface area contributed by atoms with E-state index in [2.05, 4.69) is 4.74 Å². The fraction of sp³-hybridized carbons (Fsp3) is 0.286. The highest BCUT2D eigenvalue weighted by Crippen LogP contribution is 2.20. The van der Waals surface area contributed by atoms with Gasteiger partial charge in [0.25, 0.3) is 0 Å². The van der Waals surface area contributed by atoms with E-state index in [0.29, 0.717) is 0 Å². The van der Waals surface area contributed by atoms with Crippen LogP contribution in [0.5, 0.6) is 0 Å². The number of halogens is 3. The van der Waals surface area contributed by atoms with Gasteiger partial charge in [-0.3, -0.25) is 0 Å². The Morgan fingerprint density at radius 1 is 1.50 bits per heavy atom. The summed E-state index contributed by atoms with van der Waals surface area (Å²) in [5.74, 6) is -0.732. The Hall–Kier alpha value is -0.975. The highest BCUT2D eigenvalue weighted by atomic mass is 32.1. The number of hydrogen-bond acceptors (Lipinski definition) is 3. The van der Waals surface area contributed by atoms with E-state index in [0.717, 1.165) is 24.5 Å². The van der Waals surface area contributed by atoms with Crippen LogP contribution in [0.2, 0.25) is 0 Å². The van der Waals surface area contributed by atoms with Crippen molar-refractivity contribution < 1.29 is 22.5 Å². The van der Waals surface area contributed by atoms with Gasteiger partial charge < -0.3 is 17.7 Å². The lowest BCUT2D eigenvalue weighted by atomic mass is 9.80. The van der Waals surface area contributed by atoms with Crippen LogP contribution < -0.4 is 5.46 Å². The Morgan fingerprint density at radius 3 is 2.43 bits per heavy atom. The quantitative estimate of drug-likeness (QED) is 0.565. The molecule has 0 atom stereocenters. The van der Waals surface area contributed by atoms with Gasteiger partial charge in [-0.1, -0.05) is 11.5 Å². The molecule has 0 spiro atoms. The molecule has 0 N–H and O–H groups in total. The first-order chi connectivity index (χ1) is 6.36. The molecule has 0 bridgehead atoms. The second-order valence-corrected chi connectivity index (χ2v) is 3.94. The van der Waals surface area contributed by atoms with Gasteiger partial charge in [-0.2, -0.15) is 0 Å². The van der Waals surface area contributed by atoms with Crippen molar-refractivity contribution in [2.45, 2.75) is 6.92 Å². The molecule has 0 saturated heterocycles. The van der Waals surface area contributed by atoms with E-state index in [1.165, 1.54) is 6.92 Å². The van der Waals surface area contributed by atoms with Crippen LogP contribution in [-0.2, 0) is 4.74 Å². The number of esters is 1. The molecule has 7 heteroatoms. The van der Waals surface area contributed by atoms with Gasteiger partial charge in [0.1, 0.15) is 4.88 Å². The van der Waals surface area contributed by atoms with Crippen molar-refractivity contribution in [3.05, 3.63) is 15.8 Å². The van der Waals surface area contributed by atoms with E-state index in [4.69, 9.17) is 0 Å². The van der Waals surface area contributed by atoms with E-state index < -0.39 is 18.4 Å². The Labute approximate surface area is 82.7 Å². The van der Waals surface area contributed by atoms with Gasteiger partial charge in [0, 0.05) is 0 Å². The third kappa shape index (κ3) is 2.09. The lowest BCUT2D eigenvalue weighted by Crippen LogP contribution is -2.34. The Morgan fingerprint density at radius 2 is 2.07 bits per heavy atom. The van der Waals surface area contributed by atoms with E-state index >= 15 is 0 Å². The first-order valence-electron chi connectivity index (χ1n) is 3.75. The molecule has 14 heavy (non-hydrogen) atoms. The topological polar surface area (TPSA) is 26.3 Å². The first kappa shape index (κ1) is 11.1. The second kappa shape index (κ2) is 3.64. The maximum atomic E-state index is 12.3. The highest BCUT2D eigenvalue weighted by Gasteiger charge is 2.30. The maximum Gasteiger partial charge on any atom is 0.510 e. The van der Waals surface area contributed by atoms with Gasteiger partial charge in [-0.25, -0.2) is 4.79 Å². The second-order valence-electron chi connectivity index (χ2n) is 2.69. The predicted octanol–water partition coefficient (Wildman–Crippen LogP) is 1.90. The van der Waals surface area contributed by atoms with Gasteiger partial charge >= 0.3 is 12.9 Å².